The third-order valence-electron chi connectivity index (χ3n) is 3.40. The lowest BCUT2D eigenvalue weighted by atomic mass is 9.94. The van der Waals surface area contributed by atoms with Crippen LogP contribution in [0.15, 0.2) is 30.3 Å². The zero-order valence-electron chi connectivity index (χ0n) is 10.9. The van der Waals surface area contributed by atoms with Crippen molar-refractivity contribution in [3.8, 4) is 0 Å². The SMILES string of the molecule is B[C@@H]1O[C@H]([C@@H](CP)OCc2ccccc2)[C@@H](I)[C@H]1O. The Kier molecular flexibility index (Phi) is 6.09. The predicted molar refractivity (Wildman–Crippen MR) is 90.6 cm³/mol. The van der Waals surface area contributed by atoms with E-state index in [1.54, 1.807) is 0 Å². The molecule has 1 aromatic rings. The molecule has 1 aliphatic heterocycles. The summed E-state index contributed by atoms with van der Waals surface area (Å²) in [6.07, 6.45) is 0.333. The second kappa shape index (κ2) is 7.37. The van der Waals surface area contributed by atoms with Gasteiger partial charge in [-0.05, 0) is 11.7 Å². The zero-order chi connectivity index (χ0) is 13.8. The topological polar surface area (TPSA) is 38.7 Å². The number of ether oxygens (including phenoxy) is 2. The molecular formula is C13H19BIO3P. The van der Waals surface area contributed by atoms with E-state index in [9.17, 15) is 5.11 Å². The van der Waals surface area contributed by atoms with Crippen molar-refractivity contribution in [3.05, 3.63) is 35.9 Å². The van der Waals surface area contributed by atoms with E-state index in [1.807, 2.05) is 38.2 Å². The molecule has 1 aliphatic rings. The maximum Gasteiger partial charge on any atom is 0.142 e. The smallest absolute Gasteiger partial charge is 0.142 e. The Balaban J connectivity index is 1.94. The van der Waals surface area contributed by atoms with Crippen molar-refractivity contribution in [2.24, 2.45) is 0 Å². The van der Waals surface area contributed by atoms with Gasteiger partial charge in [-0.3, -0.25) is 0 Å². The van der Waals surface area contributed by atoms with E-state index in [0.717, 1.165) is 11.7 Å². The third kappa shape index (κ3) is 3.91. The van der Waals surface area contributed by atoms with Crippen LogP contribution in [0, 0.1) is 0 Å². The monoisotopic (exact) mass is 392 g/mol. The van der Waals surface area contributed by atoms with Crippen LogP contribution in [0.4, 0.5) is 0 Å². The molecule has 0 amide bonds. The van der Waals surface area contributed by atoms with Crippen LogP contribution in [-0.4, -0.2) is 47.4 Å². The summed E-state index contributed by atoms with van der Waals surface area (Å²) in [5.41, 5.74) is 1.16. The van der Waals surface area contributed by atoms with Crippen LogP contribution in [0.5, 0.6) is 0 Å². The summed E-state index contributed by atoms with van der Waals surface area (Å²) in [6, 6.07) is 9.99. The Morgan fingerprint density at radius 1 is 1.42 bits per heavy atom. The van der Waals surface area contributed by atoms with Gasteiger partial charge in [0.1, 0.15) is 7.85 Å². The average Bonchev–Trinajstić information content (AvgIpc) is 2.69. The zero-order valence-corrected chi connectivity index (χ0v) is 14.2. The molecule has 104 valence electrons. The summed E-state index contributed by atoms with van der Waals surface area (Å²) in [4.78, 5) is 0. The highest BCUT2D eigenvalue weighted by molar-refractivity contribution is 14.1. The van der Waals surface area contributed by atoms with Crippen LogP contribution in [0.25, 0.3) is 0 Å². The Labute approximate surface area is 131 Å². The summed E-state index contributed by atoms with van der Waals surface area (Å²) in [7, 11) is 4.62. The summed E-state index contributed by atoms with van der Waals surface area (Å²) in [6.45, 7) is 0.577. The molecule has 0 saturated carbocycles. The first kappa shape index (κ1) is 15.7. The molecule has 6 heteroatoms. The van der Waals surface area contributed by atoms with Gasteiger partial charge >= 0.3 is 0 Å². The van der Waals surface area contributed by atoms with Gasteiger partial charge in [0.25, 0.3) is 0 Å². The molecular weight excluding hydrogens is 373 g/mol. The van der Waals surface area contributed by atoms with E-state index in [4.69, 9.17) is 9.47 Å². The third-order valence-corrected chi connectivity index (χ3v) is 5.31. The fourth-order valence-electron chi connectivity index (χ4n) is 2.22. The van der Waals surface area contributed by atoms with E-state index in [1.165, 1.54) is 0 Å². The lowest BCUT2D eigenvalue weighted by Gasteiger charge is -2.25. The first-order chi connectivity index (χ1) is 9.13. The molecule has 0 aromatic heterocycles. The molecule has 0 radical (unpaired) electrons. The fraction of sp³-hybridized carbons (Fsp3) is 0.538. The molecule has 2 rings (SSSR count). The van der Waals surface area contributed by atoms with Gasteiger partial charge in [0.15, 0.2) is 0 Å². The molecule has 1 saturated heterocycles. The quantitative estimate of drug-likeness (QED) is 0.352. The molecule has 0 aliphatic carbocycles. The van der Waals surface area contributed by atoms with Gasteiger partial charge in [-0.25, -0.2) is 0 Å². The molecule has 1 unspecified atom stereocenters. The van der Waals surface area contributed by atoms with E-state index >= 15 is 0 Å². The predicted octanol–water partition coefficient (Wildman–Crippen LogP) is 0.969. The summed E-state index contributed by atoms with van der Waals surface area (Å²) in [5.74, 6) is 0. The highest BCUT2D eigenvalue weighted by Gasteiger charge is 2.43. The second-order valence-corrected chi connectivity index (χ2v) is 6.72. The van der Waals surface area contributed by atoms with E-state index < -0.39 is 6.10 Å². The molecule has 3 nitrogen and oxygen atoms in total. The Morgan fingerprint density at radius 3 is 2.63 bits per heavy atom. The number of alkyl halides is 1. The highest BCUT2D eigenvalue weighted by Crippen LogP contribution is 2.30. The van der Waals surface area contributed by atoms with Crippen molar-refractivity contribution in [1.29, 1.82) is 0 Å². The van der Waals surface area contributed by atoms with Gasteiger partial charge in [-0.1, -0.05) is 52.9 Å². The van der Waals surface area contributed by atoms with Crippen LogP contribution in [0.1, 0.15) is 5.56 Å². The van der Waals surface area contributed by atoms with Gasteiger partial charge in [0.2, 0.25) is 0 Å². The van der Waals surface area contributed by atoms with Gasteiger partial charge < -0.3 is 14.6 Å². The molecule has 0 spiro atoms. The van der Waals surface area contributed by atoms with E-state index in [0.29, 0.717) is 6.61 Å². The largest absolute Gasteiger partial charge is 0.390 e. The van der Waals surface area contributed by atoms with Crippen LogP contribution in [-0.2, 0) is 16.1 Å². The second-order valence-electron chi connectivity index (χ2n) is 4.81. The van der Waals surface area contributed by atoms with Crippen molar-refractivity contribution in [1.82, 2.24) is 0 Å². The minimum absolute atomic E-state index is 0.00768. The first-order valence-corrected chi connectivity index (χ1v) is 8.53. The highest BCUT2D eigenvalue weighted by atomic mass is 127. The summed E-state index contributed by atoms with van der Waals surface area (Å²) in [5, 5.41) is 9.97. The van der Waals surface area contributed by atoms with Crippen molar-refractivity contribution >= 4 is 39.7 Å². The van der Waals surface area contributed by atoms with Crippen molar-refractivity contribution < 1.29 is 14.6 Å². The summed E-state index contributed by atoms with van der Waals surface area (Å²) >= 11 is 2.26. The summed E-state index contributed by atoms with van der Waals surface area (Å²) < 4.78 is 11.9. The number of aliphatic hydroxyl groups is 1. The number of benzene rings is 1. The van der Waals surface area contributed by atoms with E-state index in [-0.39, 0.29) is 22.1 Å². The van der Waals surface area contributed by atoms with Gasteiger partial charge in [0.05, 0.1) is 34.8 Å². The molecule has 6 atom stereocenters. The van der Waals surface area contributed by atoms with Crippen molar-refractivity contribution in [2.75, 3.05) is 6.16 Å². The minimum atomic E-state index is -0.412. The Hall–Kier alpha value is 0.325. The van der Waals surface area contributed by atoms with Gasteiger partial charge in [-0.2, -0.15) is 0 Å². The molecule has 0 bridgehead atoms. The Bertz CT molecular complexity index is 395. The van der Waals surface area contributed by atoms with Gasteiger partial charge in [-0.15, -0.1) is 9.24 Å². The fourth-order valence-corrected chi connectivity index (χ4v) is 3.85. The standard InChI is InChI=1S/C13H19BIO3P/c14-13-11(16)10(15)12(18-13)9(7-19)17-6-8-4-2-1-3-5-8/h1-5,9-13,16H,6-7,14,19H2/t9-,10+,11-,12-,13-/m1/s1. The van der Waals surface area contributed by atoms with Crippen molar-refractivity contribution in [3.63, 3.8) is 0 Å². The molecule has 19 heavy (non-hydrogen) atoms. The molecule has 1 aromatic carbocycles. The van der Waals surface area contributed by atoms with Gasteiger partial charge in [0, 0.05) is 0 Å². The number of rotatable bonds is 5. The number of halogens is 1. The number of aliphatic hydroxyl groups excluding tert-OH is 1. The minimum Gasteiger partial charge on any atom is -0.390 e. The van der Waals surface area contributed by atoms with Crippen molar-refractivity contribution in [2.45, 2.75) is 34.8 Å². The van der Waals surface area contributed by atoms with Crippen LogP contribution >= 0.6 is 31.8 Å². The van der Waals surface area contributed by atoms with Crippen LogP contribution < -0.4 is 0 Å². The number of hydrogen-bond donors (Lipinski definition) is 1. The van der Waals surface area contributed by atoms with Crippen LogP contribution in [0.2, 0.25) is 0 Å². The average molecular weight is 392 g/mol. The molecule has 1 N–H and O–H groups in total. The van der Waals surface area contributed by atoms with E-state index in [2.05, 4.69) is 31.8 Å². The molecule has 1 fully saturated rings. The van der Waals surface area contributed by atoms with Crippen LogP contribution in [0.3, 0.4) is 0 Å². The maximum absolute atomic E-state index is 9.97. The maximum atomic E-state index is 9.97. The first-order valence-electron chi connectivity index (χ1n) is 6.46. The number of hydrogen-bond acceptors (Lipinski definition) is 3. The molecule has 1 heterocycles. The lowest BCUT2D eigenvalue weighted by Crippen LogP contribution is -2.37. The normalized spacial score (nSPS) is 32.4. The Morgan fingerprint density at radius 2 is 2.11 bits per heavy atom. The lowest BCUT2D eigenvalue weighted by molar-refractivity contribution is -0.0500.